The second kappa shape index (κ2) is 10.4. The van der Waals surface area contributed by atoms with E-state index in [2.05, 4.69) is 10.2 Å². The maximum absolute atomic E-state index is 13.5. The molecule has 1 amide bonds. The molecule has 0 aliphatic carbocycles. The molecule has 3 aromatic rings. The molecule has 1 atom stereocenters. The lowest BCUT2D eigenvalue weighted by Gasteiger charge is -2.34. The fourth-order valence-corrected chi connectivity index (χ4v) is 5.85. The molecule has 1 unspecified atom stereocenters. The molecule has 0 saturated carbocycles. The highest BCUT2D eigenvalue weighted by molar-refractivity contribution is 7.92. The summed E-state index contributed by atoms with van der Waals surface area (Å²) in [5, 5.41) is 3.32. The van der Waals surface area contributed by atoms with Gasteiger partial charge in [0.15, 0.2) is 6.10 Å². The number of nitrogens with zero attached hydrogens (tertiary/aromatic N) is 2. The Labute approximate surface area is 215 Å². The van der Waals surface area contributed by atoms with Crippen molar-refractivity contribution in [3.63, 3.8) is 0 Å². The highest BCUT2D eigenvalue weighted by Gasteiger charge is 2.37. The summed E-state index contributed by atoms with van der Waals surface area (Å²) >= 11 is 5.94. The van der Waals surface area contributed by atoms with Gasteiger partial charge in [0.2, 0.25) is 0 Å². The summed E-state index contributed by atoms with van der Waals surface area (Å²) in [6.07, 6.45) is -1.01. The Morgan fingerprint density at radius 3 is 2.39 bits per heavy atom. The molecule has 10 heteroatoms. The zero-order valence-electron chi connectivity index (χ0n) is 19.5. The first-order chi connectivity index (χ1) is 17.4. The van der Waals surface area contributed by atoms with Gasteiger partial charge in [-0.05, 0) is 54.1 Å². The maximum Gasteiger partial charge on any atom is 0.264 e. The minimum Gasteiger partial charge on any atom is -0.476 e. The molecule has 2 heterocycles. The van der Waals surface area contributed by atoms with Crippen LogP contribution in [0.5, 0.6) is 5.75 Å². The number of anilines is 2. The molecule has 5 rings (SSSR count). The van der Waals surface area contributed by atoms with Crippen LogP contribution in [0.1, 0.15) is 5.56 Å². The average Bonchev–Trinajstić information content (AvgIpc) is 2.92. The van der Waals surface area contributed by atoms with E-state index in [1.807, 2.05) is 24.3 Å². The molecule has 2 aliphatic rings. The molecular weight excluding hydrogens is 502 g/mol. The smallest absolute Gasteiger partial charge is 0.264 e. The number of benzene rings is 3. The third kappa shape index (κ3) is 5.13. The van der Waals surface area contributed by atoms with Crippen molar-refractivity contribution in [2.45, 2.75) is 17.5 Å². The molecule has 0 bridgehead atoms. The van der Waals surface area contributed by atoms with E-state index in [0.717, 1.165) is 24.3 Å². The third-order valence-corrected chi connectivity index (χ3v) is 8.25. The van der Waals surface area contributed by atoms with Gasteiger partial charge in [-0.2, -0.15) is 0 Å². The number of rotatable bonds is 6. The van der Waals surface area contributed by atoms with Crippen molar-refractivity contribution in [2.24, 2.45) is 0 Å². The minimum atomic E-state index is -3.94. The maximum atomic E-state index is 13.5. The van der Waals surface area contributed by atoms with Crippen LogP contribution in [0.25, 0.3) is 0 Å². The summed E-state index contributed by atoms with van der Waals surface area (Å²) in [6, 6.07) is 20.7. The number of fused-ring (bicyclic) bond motifs is 1. The first-order valence-electron chi connectivity index (χ1n) is 11.7. The Morgan fingerprint density at radius 2 is 1.67 bits per heavy atom. The lowest BCUT2D eigenvalue weighted by molar-refractivity contribution is -0.127. The molecule has 1 saturated heterocycles. The van der Waals surface area contributed by atoms with Crippen molar-refractivity contribution in [2.75, 3.05) is 42.1 Å². The van der Waals surface area contributed by atoms with E-state index in [-0.39, 0.29) is 11.4 Å². The van der Waals surface area contributed by atoms with Crippen molar-refractivity contribution in [3.8, 4) is 5.75 Å². The normalized spacial score (nSPS) is 17.8. The predicted octanol–water partition coefficient (Wildman–Crippen LogP) is 3.45. The molecule has 0 radical (unpaired) electrons. The zero-order chi connectivity index (χ0) is 25.1. The summed E-state index contributed by atoms with van der Waals surface area (Å²) in [6.45, 7) is 3.29. The first-order valence-corrected chi connectivity index (χ1v) is 13.5. The van der Waals surface area contributed by atoms with Gasteiger partial charge in [0.1, 0.15) is 5.75 Å². The SMILES string of the molecule is O=C(NCc1ccc(N2CCOCC2)cc1)C1CN(S(=O)(=O)c2ccc(Cl)cc2)c2ccccc2O1. The van der Waals surface area contributed by atoms with Crippen molar-refractivity contribution in [1.82, 2.24) is 5.32 Å². The quantitative estimate of drug-likeness (QED) is 0.528. The van der Waals surface area contributed by atoms with Gasteiger partial charge in [0.25, 0.3) is 15.9 Å². The number of amides is 1. The Morgan fingerprint density at radius 1 is 0.972 bits per heavy atom. The van der Waals surface area contributed by atoms with Gasteiger partial charge < -0.3 is 19.7 Å². The number of nitrogens with one attached hydrogen (secondary N) is 1. The van der Waals surface area contributed by atoms with Gasteiger partial charge in [0, 0.05) is 30.3 Å². The number of hydrogen-bond donors (Lipinski definition) is 1. The van der Waals surface area contributed by atoms with Crippen LogP contribution in [0.3, 0.4) is 0 Å². The lowest BCUT2D eigenvalue weighted by atomic mass is 10.1. The lowest BCUT2D eigenvalue weighted by Crippen LogP contribution is -2.50. The number of sulfonamides is 1. The van der Waals surface area contributed by atoms with E-state index in [9.17, 15) is 13.2 Å². The summed E-state index contributed by atoms with van der Waals surface area (Å²) in [7, 11) is -3.94. The van der Waals surface area contributed by atoms with E-state index in [1.165, 1.54) is 28.6 Å². The fourth-order valence-electron chi connectivity index (χ4n) is 4.25. The van der Waals surface area contributed by atoms with Crippen molar-refractivity contribution < 1.29 is 22.7 Å². The van der Waals surface area contributed by atoms with E-state index < -0.39 is 22.0 Å². The second-order valence-electron chi connectivity index (χ2n) is 8.55. The largest absolute Gasteiger partial charge is 0.476 e. The predicted molar refractivity (Wildman–Crippen MR) is 138 cm³/mol. The van der Waals surface area contributed by atoms with Crippen LogP contribution in [0.4, 0.5) is 11.4 Å². The number of ether oxygens (including phenoxy) is 2. The topological polar surface area (TPSA) is 88.2 Å². The van der Waals surface area contributed by atoms with Gasteiger partial charge in [-0.25, -0.2) is 8.42 Å². The van der Waals surface area contributed by atoms with E-state index in [0.29, 0.717) is 36.2 Å². The van der Waals surface area contributed by atoms with Crippen molar-refractivity contribution >= 4 is 38.9 Å². The molecule has 2 aliphatic heterocycles. The summed E-state index contributed by atoms with van der Waals surface area (Å²) in [4.78, 5) is 15.4. The van der Waals surface area contributed by atoms with Crippen molar-refractivity contribution in [3.05, 3.63) is 83.4 Å². The second-order valence-corrected chi connectivity index (χ2v) is 10.8. The Kier molecular flexibility index (Phi) is 7.04. The van der Waals surface area contributed by atoms with Gasteiger partial charge in [-0.1, -0.05) is 35.9 Å². The monoisotopic (exact) mass is 527 g/mol. The molecule has 8 nitrogen and oxygen atoms in total. The Hall–Kier alpha value is -3.27. The van der Waals surface area contributed by atoms with E-state index >= 15 is 0 Å². The first kappa shape index (κ1) is 24.4. The molecule has 1 N–H and O–H groups in total. The molecular formula is C26H26ClN3O5S. The Bertz CT molecular complexity index is 1330. The summed E-state index contributed by atoms with van der Waals surface area (Å²) in [5.41, 5.74) is 2.43. The Balaban J connectivity index is 1.29. The highest BCUT2D eigenvalue weighted by atomic mass is 35.5. The van der Waals surface area contributed by atoms with Crippen LogP contribution < -0.4 is 19.3 Å². The van der Waals surface area contributed by atoms with E-state index in [4.69, 9.17) is 21.1 Å². The van der Waals surface area contributed by atoms with Crippen LogP contribution in [-0.4, -0.2) is 53.3 Å². The molecule has 1 fully saturated rings. The summed E-state index contributed by atoms with van der Waals surface area (Å²) in [5.74, 6) is -0.0608. The average molecular weight is 528 g/mol. The molecule has 0 spiro atoms. The summed E-state index contributed by atoms with van der Waals surface area (Å²) < 4.78 is 39.4. The van der Waals surface area contributed by atoms with Crippen molar-refractivity contribution in [1.29, 1.82) is 0 Å². The van der Waals surface area contributed by atoms with Gasteiger partial charge >= 0.3 is 0 Å². The molecule has 3 aromatic carbocycles. The van der Waals surface area contributed by atoms with Crippen LogP contribution in [-0.2, 0) is 26.1 Å². The fraction of sp³-hybridized carbons (Fsp3) is 0.269. The van der Waals surface area contributed by atoms with Gasteiger partial charge in [-0.15, -0.1) is 0 Å². The number of halogens is 1. The van der Waals surface area contributed by atoms with Crippen LogP contribution >= 0.6 is 11.6 Å². The van der Waals surface area contributed by atoms with Crippen LogP contribution in [0.2, 0.25) is 5.02 Å². The van der Waals surface area contributed by atoms with Gasteiger partial charge in [0.05, 0.1) is 30.3 Å². The zero-order valence-corrected chi connectivity index (χ0v) is 21.0. The molecule has 36 heavy (non-hydrogen) atoms. The van der Waals surface area contributed by atoms with Gasteiger partial charge in [-0.3, -0.25) is 9.10 Å². The molecule has 0 aromatic heterocycles. The number of carbonyl (C=O) groups is 1. The third-order valence-electron chi connectivity index (χ3n) is 6.21. The van der Waals surface area contributed by atoms with Crippen LogP contribution in [0, 0.1) is 0 Å². The minimum absolute atomic E-state index is 0.0862. The highest BCUT2D eigenvalue weighted by Crippen LogP contribution is 2.37. The molecule has 188 valence electrons. The van der Waals surface area contributed by atoms with E-state index in [1.54, 1.807) is 24.3 Å². The standard InChI is InChI=1S/C26H26ClN3O5S/c27-20-7-11-22(12-8-20)36(32,33)30-18-25(35-24-4-2-1-3-23(24)30)26(31)28-17-19-5-9-21(10-6-19)29-13-15-34-16-14-29/h1-12,25H,13-18H2,(H,28,31). The van der Waals surface area contributed by atoms with Crippen LogP contribution in [0.15, 0.2) is 77.7 Å². The number of carbonyl (C=O) groups excluding carboxylic acids is 1. The number of para-hydroxylation sites is 2. The number of hydrogen-bond acceptors (Lipinski definition) is 6. The number of morpholine rings is 1.